The molecule has 2 atom stereocenters. The fraction of sp³-hybridized carbons (Fsp3) is 0.400. The summed E-state index contributed by atoms with van der Waals surface area (Å²) in [5.41, 5.74) is 7.39. The number of hydrogen-bond acceptors (Lipinski definition) is 7. The Morgan fingerprint density at radius 2 is 1.83 bits per heavy atom. The van der Waals surface area contributed by atoms with Crippen molar-refractivity contribution in [3.8, 4) is 5.75 Å². The number of hydrogen-bond donors (Lipinski definition) is 2. The normalized spacial score (nSPS) is 20.1. The summed E-state index contributed by atoms with van der Waals surface area (Å²) in [6, 6.07) is 9.74. The van der Waals surface area contributed by atoms with Crippen LogP contribution in [0.5, 0.6) is 5.75 Å². The molecule has 0 aromatic heterocycles. The number of nitrogen functional groups attached to an aromatic ring is 1. The molecule has 10 heteroatoms. The first kappa shape index (κ1) is 25.0. The highest BCUT2D eigenvalue weighted by atomic mass is 35.5. The first-order valence-electron chi connectivity index (χ1n) is 11.5. The van der Waals surface area contributed by atoms with E-state index in [0.717, 1.165) is 6.54 Å². The van der Waals surface area contributed by atoms with Gasteiger partial charge >= 0.3 is 0 Å². The van der Waals surface area contributed by atoms with Gasteiger partial charge in [-0.25, -0.2) is 0 Å². The quantitative estimate of drug-likeness (QED) is 0.422. The zero-order valence-corrected chi connectivity index (χ0v) is 20.5. The summed E-state index contributed by atoms with van der Waals surface area (Å²) in [6.07, 6.45) is 1.12. The van der Waals surface area contributed by atoms with Crippen molar-refractivity contribution >= 4 is 35.0 Å². The lowest BCUT2D eigenvalue weighted by atomic mass is 10.0. The van der Waals surface area contributed by atoms with Gasteiger partial charge in [0.1, 0.15) is 5.75 Å². The van der Waals surface area contributed by atoms with Crippen LogP contribution >= 0.6 is 11.6 Å². The molecule has 0 aliphatic carbocycles. The molecule has 1 saturated heterocycles. The molecule has 1 fully saturated rings. The van der Waals surface area contributed by atoms with Crippen LogP contribution in [0.1, 0.15) is 43.9 Å². The van der Waals surface area contributed by atoms with Crippen molar-refractivity contribution < 1.29 is 23.9 Å². The molecule has 2 heterocycles. The van der Waals surface area contributed by atoms with E-state index in [2.05, 4.69) is 10.2 Å². The van der Waals surface area contributed by atoms with E-state index in [1.54, 1.807) is 31.4 Å². The fourth-order valence-corrected chi connectivity index (χ4v) is 4.81. The number of anilines is 1. The first-order chi connectivity index (χ1) is 16.8. The van der Waals surface area contributed by atoms with Crippen molar-refractivity contribution in [2.75, 3.05) is 46.1 Å². The number of amides is 3. The SMILES string of the molecule is COc1cc(N)c(Cl)cc1C(=O)N[C@H]1CCN(CCCN2C(=O)c3ccccc3C2=O)C[C@H]1OC. The summed E-state index contributed by atoms with van der Waals surface area (Å²) in [4.78, 5) is 41.6. The summed E-state index contributed by atoms with van der Waals surface area (Å²) >= 11 is 6.11. The summed E-state index contributed by atoms with van der Waals surface area (Å²) in [7, 11) is 3.09. The average molecular weight is 501 g/mol. The predicted molar refractivity (Wildman–Crippen MR) is 132 cm³/mol. The Labute approximate surface area is 209 Å². The number of nitrogens with two attached hydrogens (primary N) is 1. The summed E-state index contributed by atoms with van der Waals surface area (Å²) in [5, 5.41) is 3.32. The molecule has 9 nitrogen and oxygen atoms in total. The molecule has 186 valence electrons. The molecule has 2 aliphatic rings. The Kier molecular flexibility index (Phi) is 7.59. The van der Waals surface area contributed by atoms with E-state index in [9.17, 15) is 14.4 Å². The molecule has 0 saturated carbocycles. The maximum atomic E-state index is 12.9. The van der Waals surface area contributed by atoms with E-state index >= 15 is 0 Å². The third kappa shape index (κ3) is 5.12. The van der Waals surface area contributed by atoms with Gasteiger partial charge in [0.25, 0.3) is 17.7 Å². The lowest BCUT2D eigenvalue weighted by Crippen LogP contribution is -2.55. The van der Waals surface area contributed by atoms with E-state index in [1.165, 1.54) is 24.1 Å². The molecule has 0 bridgehead atoms. The molecule has 3 amide bonds. The number of imide groups is 1. The van der Waals surface area contributed by atoms with Crippen LogP contribution in [0.3, 0.4) is 0 Å². The number of carbonyl (C=O) groups is 3. The van der Waals surface area contributed by atoms with Crippen LogP contribution in [0.15, 0.2) is 36.4 Å². The number of halogens is 1. The zero-order valence-electron chi connectivity index (χ0n) is 19.8. The van der Waals surface area contributed by atoms with Gasteiger partial charge in [-0.1, -0.05) is 23.7 Å². The molecular weight excluding hydrogens is 472 g/mol. The molecule has 0 radical (unpaired) electrons. The maximum Gasteiger partial charge on any atom is 0.261 e. The van der Waals surface area contributed by atoms with Gasteiger partial charge in [-0.15, -0.1) is 0 Å². The monoisotopic (exact) mass is 500 g/mol. The van der Waals surface area contributed by atoms with Gasteiger partial charge in [-0.2, -0.15) is 0 Å². The minimum atomic E-state index is -0.310. The van der Waals surface area contributed by atoms with Crippen molar-refractivity contribution in [3.63, 3.8) is 0 Å². The molecule has 35 heavy (non-hydrogen) atoms. The van der Waals surface area contributed by atoms with Gasteiger partial charge in [0.2, 0.25) is 0 Å². The number of nitrogens with zero attached hydrogens (tertiary/aromatic N) is 2. The number of benzene rings is 2. The van der Waals surface area contributed by atoms with E-state index < -0.39 is 0 Å². The second kappa shape index (κ2) is 10.6. The smallest absolute Gasteiger partial charge is 0.261 e. The van der Waals surface area contributed by atoms with Crippen LogP contribution < -0.4 is 15.8 Å². The molecule has 0 spiro atoms. The lowest BCUT2D eigenvalue weighted by Gasteiger charge is -2.38. The number of fused-ring (bicyclic) bond motifs is 1. The minimum Gasteiger partial charge on any atom is -0.496 e. The first-order valence-corrected chi connectivity index (χ1v) is 11.9. The van der Waals surface area contributed by atoms with Crippen LogP contribution in [-0.4, -0.2) is 80.1 Å². The number of ether oxygens (including phenoxy) is 2. The molecule has 3 N–H and O–H groups in total. The third-order valence-electron chi connectivity index (χ3n) is 6.56. The van der Waals surface area contributed by atoms with E-state index in [-0.39, 0.29) is 34.9 Å². The van der Waals surface area contributed by atoms with Crippen LogP contribution in [0.2, 0.25) is 5.02 Å². The van der Waals surface area contributed by atoms with Crippen LogP contribution in [0, 0.1) is 0 Å². The topological polar surface area (TPSA) is 114 Å². The number of piperidine rings is 1. The van der Waals surface area contributed by atoms with Crippen LogP contribution in [0.4, 0.5) is 5.69 Å². The van der Waals surface area contributed by atoms with Crippen LogP contribution in [-0.2, 0) is 4.74 Å². The second-order valence-corrected chi connectivity index (χ2v) is 9.09. The molecule has 2 aliphatic heterocycles. The van der Waals surface area contributed by atoms with Gasteiger partial charge in [-0.05, 0) is 37.6 Å². The highest BCUT2D eigenvalue weighted by molar-refractivity contribution is 6.33. The van der Waals surface area contributed by atoms with E-state index in [1.807, 2.05) is 0 Å². The Morgan fingerprint density at radius 1 is 1.14 bits per heavy atom. The van der Waals surface area contributed by atoms with Gasteiger partial charge in [-0.3, -0.25) is 19.3 Å². The Morgan fingerprint density at radius 3 is 2.46 bits per heavy atom. The lowest BCUT2D eigenvalue weighted by molar-refractivity contribution is 0.00560. The van der Waals surface area contributed by atoms with Crippen molar-refractivity contribution in [1.29, 1.82) is 0 Å². The predicted octanol–water partition coefficient (Wildman–Crippen LogP) is 2.44. The fourth-order valence-electron chi connectivity index (χ4n) is 4.64. The molecule has 0 unspecified atom stereocenters. The molecule has 2 aromatic carbocycles. The van der Waals surface area contributed by atoms with Crippen molar-refractivity contribution in [2.45, 2.75) is 25.0 Å². The Bertz CT molecular complexity index is 1110. The molecule has 4 rings (SSSR count). The maximum absolute atomic E-state index is 12.9. The Hall–Kier alpha value is -3.14. The summed E-state index contributed by atoms with van der Waals surface area (Å²) in [6.45, 7) is 2.42. The largest absolute Gasteiger partial charge is 0.496 e. The van der Waals surface area contributed by atoms with E-state index in [0.29, 0.717) is 60.6 Å². The minimum absolute atomic E-state index is 0.193. The van der Waals surface area contributed by atoms with Crippen molar-refractivity contribution in [2.24, 2.45) is 0 Å². The number of carbonyl (C=O) groups excluding carboxylic acids is 3. The third-order valence-corrected chi connectivity index (χ3v) is 6.89. The molecule has 2 aromatic rings. The number of likely N-dealkylation sites (tertiary alicyclic amines) is 1. The standard InChI is InChI=1S/C25H29ClN4O5/c1-34-21-13-19(27)18(26)12-17(21)23(31)28-20-8-11-29(14-22(20)35-2)9-5-10-30-24(32)15-6-3-4-7-16(15)25(30)33/h3-4,6-7,12-13,20,22H,5,8-11,14,27H2,1-2H3,(H,28,31)/t20-,22+/m0/s1. The summed E-state index contributed by atoms with van der Waals surface area (Å²) < 4.78 is 11.0. The second-order valence-electron chi connectivity index (χ2n) is 8.68. The zero-order chi connectivity index (χ0) is 25.1. The van der Waals surface area contributed by atoms with Crippen molar-refractivity contribution in [1.82, 2.24) is 15.1 Å². The number of rotatable bonds is 8. The van der Waals surface area contributed by atoms with Gasteiger partial charge in [0.15, 0.2) is 0 Å². The Balaban J connectivity index is 1.30. The molecular formula is C25H29ClN4O5. The highest BCUT2D eigenvalue weighted by Crippen LogP contribution is 2.29. The van der Waals surface area contributed by atoms with Gasteiger partial charge in [0, 0.05) is 32.8 Å². The van der Waals surface area contributed by atoms with Gasteiger partial charge < -0.3 is 25.4 Å². The van der Waals surface area contributed by atoms with Gasteiger partial charge in [0.05, 0.1) is 46.7 Å². The average Bonchev–Trinajstić information content (AvgIpc) is 3.11. The van der Waals surface area contributed by atoms with Crippen molar-refractivity contribution in [3.05, 3.63) is 58.1 Å². The number of methoxy groups -OCH3 is 2. The summed E-state index contributed by atoms with van der Waals surface area (Å²) in [5.74, 6) is -0.432. The van der Waals surface area contributed by atoms with Crippen LogP contribution in [0.25, 0.3) is 0 Å². The highest BCUT2D eigenvalue weighted by Gasteiger charge is 2.35. The number of nitrogens with one attached hydrogen (secondary N) is 1. The van der Waals surface area contributed by atoms with E-state index in [4.69, 9.17) is 26.8 Å².